The molecule has 1 fully saturated rings. The van der Waals surface area contributed by atoms with Crippen LogP contribution in [-0.2, 0) is 13.1 Å². The number of hydrogen-bond acceptors (Lipinski definition) is 4. The molecule has 1 aromatic heterocycles. The number of nitrogens with zero attached hydrogens (tertiary/aromatic N) is 4. The Morgan fingerprint density at radius 2 is 2.00 bits per heavy atom. The van der Waals surface area contributed by atoms with Gasteiger partial charge in [0.15, 0.2) is 5.96 Å². The maximum absolute atomic E-state index is 6.09. The number of hydrogen-bond donors (Lipinski definition) is 1. The fourth-order valence-corrected chi connectivity index (χ4v) is 4.33. The molecule has 5 nitrogen and oxygen atoms in total. The topological polar surface area (TPSA) is 43.8 Å². The Hall–Kier alpha value is -0.900. The van der Waals surface area contributed by atoms with Crippen LogP contribution in [0.25, 0.3) is 0 Å². The molecule has 8 heteroatoms. The van der Waals surface area contributed by atoms with Crippen LogP contribution in [0.15, 0.2) is 29.3 Å². The number of piperazine rings is 1. The average molecular weight is 520 g/mol. The number of aromatic nitrogens is 1. The largest absolute Gasteiger partial charge is 0.351 e. The van der Waals surface area contributed by atoms with Crippen LogP contribution in [0.3, 0.4) is 0 Å². The molecular weight excluding hydrogens is 493 g/mol. The maximum atomic E-state index is 6.09. The summed E-state index contributed by atoms with van der Waals surface area (Å²) in [6.45, 7) is 9.83. The van der Waals surface area contributed by atoms with Crippen LogP contribution in [0.4, 0.5) is 0 Å². The Balaban J connectivity index is 0.00000261. The summed E-state index contributed by atoms with van der Waals surface area (Å²) in [7, 11) is 1.85. The van der Waals surface area contributed by atoms with Crippen LogP contribution in [0.5, 0.6) is 0 Å². The van der Waals surface area contributed by atoms with Gasteiger partial charge in [0.1, 0.15) is 0 Å². The predicted molar refractivity (Wildman–Crippen MR) is 126 cm³/mol. The molecule has 0 aliphatic carbocycles. The number of guanidine groups is 1. The van der Waals surface area contributed by atoms with Crippen molar-refractivity contribution in [2.45, 2.75) is 26.9 Å². The van der Waals surface area contributed by atoms with Crippen molar-refractivity contribution in [3.8, 4) is 0 Å². The number of thiazole rings is 1. The van der Waals surface area contributed by atoms with Crippen LogP contribution >= 0.6 is 46.9 Å². The predicted octanol–water partition coefficient (Wildman–Crippen LogP) is 3.92. The van der Waals surface area contributed by atoms with E-state index in [1.807, 2.05) is 25.2 Å². The molecule has 0 unspecified atom stereocenters. The van der Waals surface area contributed by atoms with E-state index in [0.717, 1.165) is 61.0 Å². The zero-order valence-corrected chi connectivity index (χ0v) is 19.9. The monoisotopic (exact) mass is 519 g/mol. The summed E-state index contributed by atoms with van der Waals surface area (Å²) < 4.78 is 0. The van der Waals surface area contributed by atoms with E-state index in [4.69, 9.17) is 11.6 Å². The van der Waals surface area contributed by atoms with Crippen molar-refractivity contribution in [2.24, 2.45) is 4.99 Å². The van der Waals surface area contributed by atoms with E-state index in [0.29, 0.717) is 0 Å². The van der Waals surface area contributed by atoms with Gasteiger partial charge in [-0.1, -0.05) is 23.7 Å². The first-order chi connectivity index (χ1) is 12.5. The smallest absolute Gasteiger partial charge is 0.194 e. The van der Waals surface area contributed by atoms with Gasteiger partial charge < -0.3 is 10.2 Å². The third-order valence-electron chi connectivity index (χ3n) is 4.59. The van der Waals surface area contributed by atoms with Crippen molar-refractivity contribution >= 4 is 52.9 Å². The molecule has 1 N–H and O–H groups in total. The van der Waals surface area contributed by atoms with E-state index in [1.54, 1.807) is 11.3 Å². The molecule has 1 aromatic carbocycles. The third kappa shape index (κ3) is 6.30. The molecule has 1 saturated heterocycles. The Labute approximate surface area is 187 Å². The van der Waals surface area contributed by atoms with Crippen molar-refractivity contribution in [3.05, 3.63) is 50.4 Å². The second kappa shape index (κ2) is 10.6. The standard InChI is InChI=1S/C19H26ClN5S.HI/c1-14-18(26-15(2)23-14)12-22-19(21-3)25-9-7-24(8-10-25)13-16-5-4-6-17(20)11-16;/h4-6,11H,7-10,12-13H2,1-3H3,(H,21,22);1H. The third-order valence-corrected chi connectivity index (χ3v) is 5.89. The summed E-state index contributed by atoms with van der Waals surface area (Å²) in [5, 5.41) is 5.41. The van der Waals surface area contributed by atoms with Gasteiger partial charge in [-0.15, -0.1) is 35.3 Å². The number of aliphatic imine (C=N–C) groups is 1. The van der Waals surface area contributed by atoms with Gasteiger partial charge in [-0.05, 0) is 31.5 Å². The van der Waals surface area contributed by atoms with E-state index in [-0.39, 0.29) is 24.0 Å². The summed E-state index contributed by atoms with van der Waals surface area (Å²) in [5.41, 5.74) is 2.38. The summed E-state index contributed by atoms with van der Waals surface area (Å²) in [6.07, 6.45) is 0. The summed E-state index contributed by atoms with van der Waals surface area (Å²) in [6, 6.07) is 8.12. The van der Waals surface area contributed by atoms with Crippen LogP contribution in [0, 0.1) is 13.8 Å². The van der Waals surface area contributed by atoms with Gasteiger partial charge in [-0.3, -0.25) is 9.89 Å². The zero-order valence-electron chi connectivity index (χ0n) is 16.0. The summed E-state index contributed by atoms with van der Waals surface area (Å²) in [5.74, 6) is 0.970. The number of rotatable bonds is 4. The van der Waals surface area contributed by atoms with E-state index in [1.165, 1.54) is 10.4 Å². The lowest BCUT2D eigenvalue weighted by Gasteiger charge is -2.36. The Kier molecular flexibility index (Phi) is 8.78. The molecule has 148 valence electrons. The molecule has 1 aliphatic heterocycles. The fourth-order valence-electron chi connectivity index (χ4n) is 3.24. The van der Waals surface area contributed by atoms with Crippen LogP contribution in [0.1, 0.15) is 21.1 Å². The number of halogens is 2. The lowest BCUT2D eigenvalue weighted by Crippen LogP contribution is -2.52. The minimum atomic E-state index is 0. The Bertz CT molecular complexity index is 771. The highest BCUT2D eigenvalue weighted by atomic mass is 127. The highest BCUT2D eigenvalue weighted by Gasteiger charge is 2.20. The molecule has 27 heavy (non-hydrogen) atoms. The average Bonchev–Trinajstić information content (AvgIpc) is 2.94. The SMILES string of the molecule is CN=C(NCc1sc(C)nc1C)N1CCN(Cc2cccc(Cl)c2)CC1.I. The fraction of sp³-hybridized carbons (Fsp3) is 0.474. The van der Waals surface area contributed by atoms with E-state index < -0.39 is 0 Å². The molecular formula is C19H27ClIN5S. The van der Waals surface area contributed by atoms with Gasteiger partial charge in [0.05, 0.1) is 17.2 Å². The normalized spacial score (nSPS) is 15.6. The highest BCUT2D eigenvalue weighted by molar-refractivity contribution is 14.0. The van der Waals surface area contributed by atoms with Crippen molar-refractivity contribution in [2.75, 3.05) is 33.2 Å². The highest BCUT2D eigenvalue weighted by Crippen LogP contribution is 2.17. The molecule has 3 rings (SSSR count). The first-order valence-corrected chi connectivity index (χ1v) is 10.1. The summed E-state index contributed by atoms with van der Waals surface area (Å²) in [4.78, 5) is 15.0. The van der Waals surface area contributed by atoms with Crippen LogP contribution in [-0.4, -0.2) is 54.0 Å². The van der Waals surface area contributed by atoms with Gasteiger partial charge in [0.25, 0.3) is 0 Å². The Morgan fingerprint density at radius 1 is 1.26 bits per heavy atom. The van der Waals surface area contributed by atoms with Crippen LogP contribution < -0.4 is 5.32 Å². The van der Waals surface area contributed by atoms with E-state index in [9.17, 15) is 0 Å². The van der Waals surface area contributed by atoms with Crippen molar-refractivity contribution < 1.29 is 0 Å². The van der Waals surface area contributed by atoms with Crippen molar-refractivity contribution in [1.82, 2.24) is 20.1 Å². The molecule has 0 bridgehead atoms. The molecule has 0 amide bonds. The van der Waals surface area contributed by atoms with Gasteiger partial charge in [0, 0.05) is 49.7 Å². The molecule has 1 aliphatic rings. The lowest BCUT2D eigenvalue weighted by molar-refractivity contribution is 0.172. The lowest BCUT2D eigenvalue weighted by atomic mass is 10.2. The minimum absolute atomic E-state index is 0. The van der Waals surface area contributed by atoms with Crippen molar-refractivity contribution in [3.63, 3.8) is 0 Å². The Morgan fingerprint density at radius 3 is 2.59 bits per heavy atom. The second-order valence-corrected chi connectivity index (χ2v) is 8.26. The van der Waals surface area contributed by atoms with Gasteiger partial charge in [0.2, 0.25) is 0 Å². The first-order valence-electron chi connectivity index (χ1n) is 8.90. The van der Waals surface area contributed by atoms with Crippen LogP contribution in [0.2, 0.25) is 5.02 Å². The molecule has 0 saturated carbocycles. The molecule has 0 radical (unpaired) electrons. The molecule has 0 spiro atoms. The van der Waals surface area contributed by atoms with Gasteiger partial charge in [-0.25, -0.2) is 4.98 Å². The molecule has 0 atom stereocenters. The number of aryl methyl sites for hydroxylation is 2. The van der Waals surface area contributed by atoms with Crippen molar-refractivity contribution in [1.29, 1.82) is 0 Å². The second-order valence-electron chi connectivity index (χ2n) is 6.54. The minimum Gasteiger partial charge on any atom is -0.351 e. The van der Waals surface area contributed by atoms with E-state index in [2.05, 4.69) is 45.0 Å². The first kappa shape index (κ1) is 22.4. The van der Waals surface area contributed by atoms with Gasteiger partial charge in [-0.2, -0.15) is 0 Å². The zero-order chi connectivity index (χ0) is 18.5. The quantitative estimate of drug-likeness (QED) is 0.378. The van der Waals surface area contributed by atoms with Gasteiger partial charge >= 0.3 is 0 Å². The number of benzene rings is 1. The number of nitrogens with one attached hydrogen (secondary N) is 1. The molecule has 2 heterocycles. The molecule has 2 aromatic rings. The summed E-state index contributed by atoms with van der Waals surface area (Å²) >= 11 is 7.84. The van der Waals surface area contributed by atoms with E-state index >= 15 is 0 Å². The maximum Gasteiger partial charge on any atom is 0.194 e.